The molecule has 2 saturated carbocycles. The molecule has 2 heterocycles. The van der Waals surface area contributed by atoms with Crippen LogP contribution in [0.5, 0.6) is 0 Å². The van der Waals surface area contributed by atoms with Crippen LogP contribution < -0.4 is 0 Å². The SMILES string of the molecule is N=C1SC2CS(=O)(=O)CC2N1C1CC2CCC1C2. The Kier molecular flexibility index (Phi) is 2.35. The lowest BCUT2D eigenvalue weighted by atomic mass is 9.93. The van der Waals surface area contributed by atoms with Crippen molar-refractivity contribution in [1.82, 2.24) is 4.90 Å². The van der Waals surface area contributed by atoms with E-state index in [1.165, 1.54) is 37.4 Å². The molecule has 0 amide bonds. The molecule has 0 radical (unpaired) electrons. The normalized spacial score (nSPS) is 49.0. The first-order valence-electron chi connectivity index (χ1n) is 6.77. The highest BCUT2D eigenvalue weighted by Gasteiger charge is 2.53. The third-order valence-electron chi connectivity index (χ3n) is 5.18. The van der Waals surface area contributed by atoms with Crippen molar-refractivity contribution in [3.8, 4) is 0 Å². The summed E-state index contributed by atoms with van der Waals surface area (Å²) in [5.41, 5.74) is 0. The van der Waals surface area contributed by atoms with Gasteiger partial charge >= 0.3 is 0 Å². The number of sulfone groups is 1. The van der Waals surface area contributed by atoms with E-state index < -0.39 is 9.84 Å². The molecule has 1 N–H and O–H groups in total. The molecule has 5 unspecified atom stereocenters. The molecular weight excluding hydrogens is 268 g/mol. The number of fused-ring (bicyclic) bond motifs is 3. The molecule has 4 rings (SSSR count). The number of amidine groups is 1. The lowest BCUT2D eigenvalue weighted by Crippen LogP contribution is -2.46. The number of nitrogens with zero attached hydrogens (tertiary/aromatic N) is 1. The van der Waals surface area contributed by atoms with Crippen LogP contribution >= 0.6 is 11.8 Å². The van der Waals surface area contributed by atoms with E-state index in [9.17, 15) is 8.42 Å². The molecule has 4 aliphatic rings. The van der Waals surface area contributed by atoms with E-state index >= 15 is 0 Å². The van der Waals surface area contributed by atoms with Crippen molar-refractivity contribution in [2.45, 2.75) is 43.0 Å². The molecule has 0 aromatic carbocycles. The molecule has 2 bridgehead atoms. The van der Waals surface area contributed by atoms with E-state index in [1.54, 1.807) is 0 Å². The predicted octanol–water partition coefficient (Wildman–Crippen LogP) is 1.32. The smallest absolute Gasteiger partial charge is 0.157 e. The van der Waals surface area contributed by atoms with Crippen molar-refractivity contribution in [3.05, 3.63) is 0 Å². The van der Waals surface area contributed by atoms with Crippen LogP contribution in [0, 0.1) is 17.2 Å². The minimum Gasteiger partial charge on any atom is -0.343 e. The van der Waals surface area contributed by atoms with E-state index in [4.69, 9.17) is 5.41 Å². The molecule has 4 fully saturated rings. The zero-order chi connectivity index (χ0) is 12.5. The Hall–Kier alpha value is -0.230. The molecule has 2 aliphatic carbocycles. The van der Waals surface area contributed by atoms with Crippen molar-refractivity contribution < 1.29 is 8.42 Å². The third kappa shape index (κ3) is 1.57. The first kappa shape index (κ1) is 11.6. The summed E-state index contributed by atoms with van der Waals surface area (Å²) in [5.74, 6) is 2.12. The molecule has 4 nitrogen and oxygen atoms in total. The second-order valence-electron chi connectivity index (χ2n) is 6.26. The number of hydrogen-bond acceptors (Lipinski definition) is 4. The summed E-state index contributed by atoms with van der Waals surface area (Å²) in [6.07, 6.45) is 5.13. The summed E-state index contributed by atoms with van der Waals surface area (Å²) in [6, 6.07) is 0.559. The summed E-state index contributed by atoms with van der Waals surface area (Å²) >= 11 is 1.49. The topological polar surface area (TPSA) is 61.2 Å². The maximum absolute atomic E-state index is 11.8. The molecule has 0 aromatic heterocycles. The zero-order valence-corrected chi connectivity index (χ0v) is 11.8. The van der Waals surface area contributed by atoms with Gasteiger partial charge in [-0.1, -0.05) is 18.2 Å². The van der Waals surface area contributed by atoms with Crippen molar-refractivity contribution in [2.24, 2.45) is 11.8 Å². The molecule has 0 aromatic rings. The fraction of sp³-hybridized carbons (Fsp3) is 0.917. The van der Waals surface area contributed by atoms with E-state index in [2.05, 4.69) is 4.90 Å². The fourth-order valence-corrected chi connectivity index (χ4v) is 8.32. The van der Waals surface area contributed by atoms with Gasteiger partial charge in [-0.15, -0.1) is 0 Å². The molecule has 6 heteroatoms. The monoisotopic (exact) mass is 286 g/mol. The lowest BCUT2D eigenvalue weighted by molar-refractivity contribution is 0.198. The van der Waals surface area contributed by atoms with Crippen LogP contribution in [0.3, 0.4) is 0 Å². The van der Waals surface area contributed by atoms with E-state index in [0.717, 1.165) is 11.8 Å². The summed E-state index contributed by atoms with van der Waals surface area (Å²) in [7, 11) is -2.86. The lowest BCUT2D eigenvalue weighted by Gasteiger charge is -2.35. The molecule has 5 atom stereocenters. The number of thioether (sulfide) groups is 1. The third-order valence-corrected chi connectivity index (χ3v) is 8.33. The van der Waals surface area contributed by atoms with E-state index in [-0.39, 0.29) is 22.8 Å². The van der Waals surface area contributed by atoms with E-state index in [1.807, 2.05) is 0 Å². The van der Waals surface area contributed by atoms with Crippen LogP contribution in [0.25, 0.3) is 0 Å². The minimum atomic E-state index is -2.86. The Bertz CT molecular complexity index is 504. The largest absolute Gasteiger partial charge is 0.343 e. The molecule has 18 heavy (non-hydrogen) atoms. The highest BCUT2D eigenvalue weighted by molar-refractivity contribution is 8.15. The molecule has 0 spiro atoms. The van der Waals surface area contributed by atoms with Crippen LogP contribution in [-0.2, 0) is 9.84 Å². The standard InChI is InChI=1S/C12H18N2O2S2/c13-12-14(9-4-7-1-2-8(9)3-7)10-5-18(15,16)6-11(10)17-12/h7-11,13H,1-6H2. The number of hydrogen-bond donors (Lipinski definition) is 1. The van der Waals surface area contributed by atoms with Gasteiger partial charge in [0.2, 0.25) is 0 Å². The number of nitrogens with one attached hydrogen (secondary N) is 1. The summed E-state index contributed by atoms with van der Waals surface area (Å²) in [5, 5.41) is 8.94. The molecule has 100 valence electrons. The second-order valence-corrected chi connectivity index (χ2v) is 9.64. The fourth-order valence-electron chi connectivity index (χ4n) is 4.47. The summed E-state index contributed by atoms with van der Waals surface area (Å²) < 4.78 is 23.5. The van der Waals surface area contributed by atoms with Gasteiger partial charge in [-0.2, -0.15) is 0 Å². The molecule has 2 saturated heterocycles. The van der Waals surface area contributed by atoms with Gasteiger partial charge in [-0.05, 0) is 31.1 Å². The Labute approximate surface area is 112 Å². The predicted molar refractivity (Wildman–Crippen MR) is 72.6 cm³/mol. The Morgan fingerprint density at radius 1 is 1.17 bits per heavy atom. The van der Waals surface area contributed by atoms with Gasteiger partial charge in [-0.25, -0.2) is 8.42 Å². The first-order chi connectivity index (χ1) is 8.53. The van der Waals surface area contributed by atoms with Gasteiger partial charge in [0, 0.05) is 11.3 Å². The average molecular weight is 286 g/mol. The quantitative estimate of drug-likeness (QED) is 0.790. The summed E-state index contributed by atoms with van der Waals surface area (Å²) in [6.45, 7) is 0. The van der Waals surface area contributed by atoms with Crippen molar-refractivity contribution in [3.63, 3.8) is 0 Å². The maximum atomic E-state index is 11.8. The maximum Gasteiger partial charge on any atom is 0.157 e. The van der Waals surface area contributed by atoms with Crippen LogP contribution in [0.1, 0.15) is 25.7 Å². The summed E-state index contributed by atoms with van der Waals surface area (Å²) in [4.78, 5) is 2.18. The van der Waals surface area contributed by atoms with Gasteiger partial charge in [0.1, 0.15) is 0 Å². The van der Waals surface area contributed by atoms with Crippen LogP contribution in [0.15, 0.2) is 0 Å². The minimum absolute atomic E-state index is 0.0943. The van der Waals surface area contributed by atoms with Crippen molar-refractivity contribution in [1.29, 1.82) is 5.41 Å². The van der Waals surface area contributed by atoms with Gasteiger partial charge in [0.15, 0.2) is 15.0 Å². The van der Waals surface area contributed by atoms with Crippen molar-refractivity contribution >= 4 is 26.8 Å². The van der Waals surface area contributed by atoms with Crippen LogP contribution in [0.2, 0.25) is 0 Å². The first-order valence-corrected chi connectivity index (χ1v) is 9.47. The van der Waals surface area contributed by atoms with Gasteiger partial charge in [0.25, 0.3) is 0 Å². The van der Waals surface area contributed by atoms with Crippen molar-refractivity contribution in [2.75, 3.05) is 11.5 Å². The Morgan fingerprint density at radius 3 is 2.67 bits per heavy atom. The van der Waals surface area contributed by atoms with Gasteiger partial charge in [-0.3, -0.25) is 5.41 Å². The van der Waals surface area contributed by atoms with Crippen LogP contribution in [-0.4, -0.2) is 47.3 Å². The highest BCUT2D eigenvalue weighted by atomic mass is 32.2. The average Bonchev–Trinajstić information content (AvgIpc) is 2.96. The van der Waals surface area contributed by atoms with Gasteiger partial charge in [0.05, 0.1) is 17.5 Å². The number of rotatable bonds is 1. The molecule has 2 aliphatic heterocycles. The molecular formula is C12H18N2O2S2. The Balaban J connectivity index is 1.62. The van der Waals surface area contributed by atoms with E-state index in [0.29, 0.717) is 11.2 Å². The van der Waals surface area contributed by atoms with Gasteiger partial charge < -0.3 is 4.90 Å². The highest BCUT2D eigenvalue weighted by Crippen LogP contribution is 2.50. The van der Waals surface area contributed by atoms with Crippen LogP contribution in [0.4, 0.5) is 0 Å². The Morgan fingerprint density at radius 2 is 2.00 bits per heavy atom. The second kappa shape index (κ2) is 3.66. The zero-order valence-electron chi connectivity index (χ0n) is 10.2.